The van der Waals surface area contributed by atoms with Gasteiger partial charge in [0, 0.05) is 11.6 Å². The fourth-order valence-electron chi connectivity index (χ4n) is 1.48. The SMILES string of the molecule is Cc1cc(COC(=O)c2ccc(C(N)=O)cc2)no1. The van der Waals surface area contributed by atoms with Crippen molar-refractivity contribution in [2.45, 2.75) is 13.5 Å². The lowest BCUT2D eigenvalue weighted by Gasteiger charge is -2.03. The van der Waals surface area contributed by atoms with E-state index in [1.807, 2.05) is 0 Å². The first-order chi connectivity index (χ1) is 9.06. The van der Waals surface area contributed by atoms with Crippen LogP contribution in [0.25, 0.3) is 0 Å². The fourth-order valence-corrected chi connectivity index (χ4v) is 1.48. The number of nitrogens with two attached hydrogens (primary N) is 1. The number of primary amides is 1. The highest BCUT2D eigenvalue weighted by atomic mass is 16.5. The first kappa shape index (κ1) is 12.8. The Bertz CT molecular complexity index is 601. The van der Waals surface area contributed by atoms with Gasteiger partial charge in [-0.15, -0.1) is 0 Å². The minimum Gasteiger partial charge on any atom is -0.455 e. The van der Waals surface area contributed by atoms with E-state index in [1.165, 1.54) is 24.3 Å². The van der Waals surface area contributed by atoms with Gasteiger partial charge in [0.15, 0.2) is 0 Å². The molecule has 0 radical (unpaired) electrons. The molecule has 0 aliphatic heterocycles. The monoisotopic (exact) mass is 260 g/mol. The predicted molar refractivity (Wildman–Crippen MR) is 65.3 cm³/mol. The normalized spacial score (nSPS) is 10.2. The largest absolute Gasteiger partial charge is 0.455 e. The van der Waals surface area contributed by atoms with Crippen LogP contribution >= 0.6 is 0 Å². The average Bonchev–Trinajstić information content (AvgIpc) is 2.82. The molecule has 2 aromatic rings. The van der Waals surface area contributed by atoms with E-state index in [2.05, 4.69) is 5.16 Å². The van der Waals surface area contributed by atoms with E-state index in [0.717, 1.165) is 0 Å². The van der Waals surface area contributed by atoms with E-state index in [1.54, 1.807) is 13.0 Å². The highest BCUT2D eigenvalue weighted by Crippen LogP contribution is 2.08. The maximum Gasteiger partial charge on any atom is 0.338 e. The Morgan fingerprint density at radius 2 is 1.89 bits per heavy atom. The smallest absolute Gasteiger partial charge is 0.338 e. The van der Waals surface area contributed by atoms with Crippen LogP contribution in [0.3, 0.4) is 0 Å². The standard InChI is InChI=1S/C13H12N2O4/c1-8-6-11(15-19-8)7-18-13(17)10-4-2-9(3-5-10)12(14)16/h2-6H,7H2,1H3,(H2,14,16). The molecule has 0 saturated heterocycles. The summed E-state index contributed by atoms with van der Waals surface area (Å²) in [4.78, 5) is 22.6. The second kappa shape index (κ2) is 5.34. The zero-order chi connectivity index (χ0) is 13.8. The maximum atomic E-state index is 11.7. The second-order valence-electron chi connectivity index (χ2n) is 3.95. The molecule has 0 aliphatic carbocycles. The van der Waals surface area contributed by atoms with E-state index >= 15 is 0 Å². The van der Waals surface area contributed by atoms with Gasteiger partial charge in [-0.1, -0.05) is 5.16 Å². The van der Waals surface area contributed by atoms with Crippen molar-refractivity contribution in [3.8, 4) is 0 Å². The molecule has 0 spiro atoms. The molecule has 2 N–H and O–H groups in total. The molecule has 0 fully saturated rings. The number of aryl methyl sites for hydroxylation is 1. The number of carbonyl (C=O) groups is 2. The summed E-state index contributed by atoms with van der Waals surface area (Å²) < 4.78 is 9.90. The minimum absolute atomic E-state index is 0.0355. The van der Waals surface area contributed by atoms with Crippen molar-refractivity contribution in [2.75, 3.05) is 0 Å². The number of benzene rings is 1. The van der Waals surface area contributed by atoms with E-state index < -0.39 is 11.9 Å². The third-order valence-corrected chi connectivity index (χ3v) is 2.43. The number of carbonyl (C=O) groups excluding carboxylic acids is 2. The molecule has 0 atom stereocenters. The van der Waals surface area contributed by atoms with Gasteiger partial charge in [-0.3, -0.25) is 4.79 Å². The van der Waals surface area contributed by atoms with Crippen molar-refractivity contribution in [2.24, 2.45) is 5.73 Å². The lowest BCUT2D eigenvalue weighted by Crippen LogP contribution is -2.11. The van der Waals surface area contributed by atoms with Crippen molar-refractivity contribution in [3.05, 3.63) is 52.9 Å². The summed E-state index contributed by atoms with van der Waals surface area (Å²) >= 11 is 0. The summed E-state index contributed by atoms with van der Waals surface area (Å²) in [6.45, 7) is 1.79. The first-order valence-electron chi connectivity index (χ1n) is 5.55. The number of hydrogen-bond acceptors (Lipinski definition) is 5. The molecule has 1 heterocycles. The Hall–Kier alpha value is -2.63. The van der Waals surface area contributed by atoms with Gasteiger partial charge in [0.05, 0.1) is 5.56 Å². The molecule has 1 amide bonds. The number of aromatic nitrogens is 1. The number of hydrogen-bond donors (Lipinski definition) is 1. The van der Waals surface area contributed by atoms with Crippen molar-refractivity contribution < 1.29 is 18.8 Å². The lowest BCUT2D eigenvalue weighted by atomic mass is 10.1. The minimum atomic E-state index is -0.544. The predicted octanol–water partition coefficient (Wildman–Crippen LogP) is 1.44. The highest BCUT2D eigenvalue weighted by molar-refractivity contribution is 5.95. The van der Waals surface area contributed by atoms with Crippen LogP contribution in [0.5, 0.6) is 0 Å². The summed E-state index contributed by atoms with van der Waals surface area (Å²) in [6.07, 6.45) is 0. The van der Waals surface area contributed by atoms with E-state index in [9.17, 15) is 9.59 Å². The molecule has 0 aliphatic rings. The molecule has 6 heteroatoms. The zero-order valence-electron chi connectivity index (χ0n) is 10.3. The van der Waals surface area contributed by atoms with Gasteiger partial charge in [0.25, 0.3) is 0 Å². The van der Waals surface area contributed by atoms with E-state index in [0.29, 0.717) is 22.6 Å². The zero-order valence-corrected chi connectivity index (χ0v) is 10.3. The molecular formula is C13H12N2O4. The van der Waals surface area contributed by atoms with Crippen LogP contribution in [0.1, 0.15) is 32.2 Å². The second-order valence-corrected chi connectivity index (χ2v) is 3.95. The Labute approximate surface area is 109 Å². The van der Waals surface area contributed by atoms with Gasteiger partial charge < -0.3 is 15.0 Å². The van der Waals surface area contributed by atoms with Gasteiger partial charge in [-0.05, 0) is 31.2 Å². The molecule has 0 unspecified atom stereocenters. The van der Waals surface area contributed by atoms with Crippen LogP contribution < -0.4 is 5.73 Å². The number of amides is 1. The van der Waals surface area contributed by atoms with Gasteiger partial charge in [-0.25, -0.2) is 4.79 Å². The van der Waals surface area contributed by atoms with Gasteiger partial charge in [-0.2, -0.15) is 0 Å². The first-order valence-corrected chi connectivity index (χ1v) is 5.55. The Balaban J connectivity index is 1.98. The Morgan fingerprint density at radius 3 is 2.42 bits per heavy atom. The molecule has 1 aromatic carbocycles. The average molecular weight is 260 g/mol. The number of ether oxygens (including phenoxy) is 1. The summed E-state index contributed by atoms with van der Waals surface area (Å²) in [7, 11) is 0. The maximum absolute atomic E-state index is 11.7. The molecule has 19 heavy (non-hydrogen) atoms. The Kier molecular flexibility index (Phi) is 3.61. The van der Waals surface area contributed by atoms with Crippen LogP contribution in [0, 0.1) is 6.92 Å². The summed E-state index contributed by atoms with van der Waals surface area (Å²) in [5, 5.41) is 3.71. The molecule has 1 aromatic heterocycles. The fraction of sp³-hybridized carbons (Fsp3) is 0.154. The van der Waals surface area contributed by atoms with Crippen LogP contribution in [0.15, 0.2) is 34.9 Å². The Morgan fingerprint density at radius 1 is 1.26 bits per heavy atom. The molecule has 6 nitrogen and oxygen atoms in total. The number of rotatable bonds is 4. The molecule has 0 bridgehead atoms. The summed E-state index contributed by atoms with van der Waals surface area (Å²) in [5.41, 5.74) is 6.32. The lowest BCUT2D eigenvalue weighted by molar-refractivity contribution is 0.0464. The molecule has 98 valence electrons. The molecule has 0 saturated carbocycles. The van der Waals surface area contributed by atoms with Crippen molar-refractivity contribution in [1.82, 2.24) is 5.16 Å². The van der Waals surface area contributed by atoms with Crippen molar-refractivity contribution >= 4 is 11.9 Å². The van der Waals surface area contributed by atoms with Crippen LogP contribution in [-0.2, 0) is 11.3 Å². The van der Waals surface area contributed by atoms with Crippen molar-refractivity contribution in [3.63, 3.8) is 0 Å². The van der Waals surface area contributed by atoms with Crippen LogP contribution in [-0.4, -0.2) is 17.0 Å². The number of esters is 1. The summed E-state index contributed by atoms with van der Waals surface area (Å²) in [6, 6.07) is 7.59. The molecule has 2 rings (SSSR count). The highest BCUT2D eigenvalue weighted by Gasteiger charge is 2.10. The van der Waals surface area contributed by atoms with E-state index in [4.69, 9.17) is 15.0 Å². The van der Waals surface area contributed by atoms with E-state index in [-0.39, 0.29) is 6.61 Å². The number of nitrogens with zero attached hydrogens (tertiary/aromatic N) is 1. The topological polar surface area (TPSA) is 95.4 Å². The quantitative estimate of drug-likeness (QED) is 0.839. The van der Waals surface area contributed by atoms with Crippen LogP contribution in [0.4, 0.5) is 0 Å². The molecular weight excluding hydrogens is 248 g/mol. The van der Waals surface area contributed by atoms with Gasteiger partial charge in [0.1, 0.15) is 18.1 Å². The van der Waals surface area contributed by atoms with Gasteiger partial charge >= 0.3 is 5.97 Å². The summed E-state index contributed by atoms with van der Waals surface area (Å²) in [5.74, 6) is -0.397. The third-order valence-electron chi connectivity index (χ3n) is 2.43. The van der Waals surface area contributed by atoms with Gasteiger partial charge in [0.2, 0.25) is 5.91 Å². The third kappa shape index (κ3) is 3.19. The van der Waals surface area contributed by atoms with Crippen molar-refractivity contribution in [1.29, 1.82) is 0 Å². The van der Waals surface area contributed by atoms with Crippen LogP contribution in [0.2, 0.25) is 0 Å².